The molecule has 0 amide bonds. The molecule has 184 valence electrons. The molecule has 1 saturated heterocycles. The lowest BCUT2D eigenvalue weighted by molar-refractivity contribution is -0.203. The Morgan fingerprint density at radius 1 is 1.00 bits per heavy atom. The van der Waals surface area contributed by atoms with Crippen molar-refractivity contribution in [2.45, 2.75) is 48.2 Å². The Morgan fingerprint density at radius 2 is 1.66 bits per heavy atom. The molecule has 1 fully saturated rings. The fourth-order valence-electron chi connectivity index (χ4n) is 3.98. The molecule has 0 radical (unpaired) electrons. The van der Waals surface area contributed by atoms with E-state index in [1.807, 2.05) is 84.9 Å². The molecule has 4 rings (SSSR count). The van der Waals surface area contributed by atoms with E-state index in [-0.39, 0.29) is 13.2 Å². The summed E-state index contributed by atoms with van der Waals surface area (Å²) in [6.07, 6.45) is -2.10. The first-order valence-electron chi connectivity index (χ1n) is 11.4. The van der Waals surface area contributed by atoms with Gasteiger partial charge in [-0.1, -0.05) is 71.9 Å². The Bertz CT molecular complexity index is 1070. The standard InChI is InChI=1S/C27H28ClNO5S/c1-18(31)33-26-24(29-21-10-6-3-7-11-21)27(35-22-14-12-20(28)13-15-22)34-23(16-30)25(26)32-17-19-8-4-2-5-9-19/h2-15,23-27,29-30H,16-17H2,1H3. The van der Waals surface area contributed by atoms with Gasteiger partial charge in [-0.05, 0) is 42.0 Å². The lowest BCUT2D eigenvalue weighted by Crippen LogP contribution is -2.62. The van der Waals surface area contributed by atoms with Crippen molar-refractivity contribution < 1.29 is 24.1 Å². The first-order chi connectivity index (χ1) is 17.0. The summed E-state index contributed by atoms with van der Waals surface area (Å²) >= 11 is 7.53. The van der Waals surface area contributed by atoms with E-state index in [9.17, 15) is 9.90 Å². The van der Waals surface area contributed by atoms with Crippen LogP contribution in [0.25, 0.3) is 0 Å². The molecule has 5 unspecified atom stereocenters. The summed E-state index contributed by atoms with van der Waals surface area (Å²) in [4.78, 5) is 13.1. The third kappa shape index (κ3) is 6.99. The van der Waals surface area contributed by atoms with Crippen LogP contribution in [-0.2, 0) is 25.6 Å². The van der Waals surface area contributed by atoms with Crippen LogP contribution in [0.15, 0.2) is 89.8 Å². The molecule has 3 aromatic carbocycles. The van der Waals surface area contributed by atoms with Crippen LogP contribution in [0.3, 0.4) is 0 Å². The average molecular weight is 514 g/mol. The lowest BCUT2D eigenvalue weighted by atomic mass is 9.97. The molecule has 0 aromatic heterocycles. The Labute approximate surface area is 214 Å². The van der Waals surface area contributed by atoms with E-state index in [2.05, 4.69) is 5.32 Å². The maximum atomic E-state index is 12.2. The van der Waals surface area contributed by atoms with Gasteiger partial charge in [0.25, 0.3) is 0 Å². The summed E-state index contributed by atoms with van der Waals surface area (Å²) in [5, 5.41) is 14.3. The fourth-order valence-corrected chi connectivity index (χ4v) is 5.23. The van der Waals surface area contributed by atoms with E-state index in [0.717, 1.165) is 16.1 Å². The zero-order chi connectivity index (χ0) is 24.6. The molecular formula is C27H28ClNO5S. The second-order valence-corrected chi connectivity index (χ2v) is 9.78. The Balaban J connectivity index is 1.65. The molecule has 1 aliphatic heterocycles. The monoisotopic (exact) mass is 513 g/mol. The molecule has 8 heteroatoms. The van der Waals surface area contributed by atoms with Crippen LogP contribution in [-0.4, -0.2) is 47.5 Å². The molecule has 1 aliphatic rings. The summed E-state index contributed by atoms with van der Waals surface area (Å²) in [6.45, 7) is 1.38. The minimum atomic E-state index is -0.716. The van der Waals surface area contributed by atoms with Crippen molar-refractivity contribution in [1.82, 2.24) is 0 Å². The van der Waals surface area contributed by atoms with Gasteiger partial charge < -0.3 is 24.6 Å². The number of hydrogen-bond acceptors (Lipinski definition) is 7. The highest BCUT2D eigenvalue weighted by molar-refractivity contribution is 7.99. The summed E-state index contributed by atoms with van der Waals surface area (Å²) < 4.78 is 18.5. The minimum Gasteiger partial charge on any atom is -0.457 e. The number of aliphatic hydroxyl groups is 1. The fraction of sp³-hybridized carbons (Fsp3) is 0.296. The van der Waals surface area contributed by atoms with Crippen LogP contribution in [0.5, 0.6) is 0 Å². The zero-order valence-corrected chi connectivity index (χ0v) is 20.8. The number of thioether (sulfide) groups is 1. The summed E-state index contributed by atoms with van der Waals surface area (Å²) in [6, 6.07) is 26.3. The van der Waals surface area contributed by atoms with Crippen LogP contribution in [0, 0.1) is 0 Å². The first-order valence-corrected chi connectivity index (χ1v) is 12.6. The number of anilines is 1. The normalized spacial score (nSPS) is 24.0. The Morgan fingerprint density at radius 3 is 2.29 bits per heavy atom. The van der Waals surface area contributed by atoms with E-state index < -0.39 is 35.8 Å². The summed E-state index contributed by atoms with van der Waals surface area (Å²) in [5.41, 5.74) is 1.33. The highest BCUT2D eigenvalue weighted by Crippen LogP contribution is 2.37. The molecule has 0 bridgehead atoms. The summed E-state index contributed by atoms with van der Waals surface area (Å²) in [7, 11) is 0. The van der Waals surface area contributed by atoms with E-state index in [1.165, 1.54) is 18.7 Å². The first kappa shape index (κ1) is 25.5. The number of carbonyl (C=O) groups excluding carboxylic acids is 1. The molecule has 2 N–H and O–H groups in total. The second kappa shape index (κ2) is 12.4. The Kier molecular flexibility index (Phi) is 9.06. The van der Waals surface area contributed by atoms with Crippen molar-refractivity contribution in [3.8, 4) is 0 Å². The van der Waals surface area contributed by atoms with Gasteiger partial charge in [-0.2, -0.15) is 0 Å². The van der Waals surface area contributed by atoms with Crippen LogP contribution in [0.4, 0.5) is 5.69 Å². The topological polar surface area (TPSA) is 77.0 Å². The van der Waals surface area contributed by atoms with E-state index in [0.29, 0.717) is 5.02 Å². The number of nitrogens with one attached hydrogen (secondary N) is 1. The molecule has 35 heavy (non-hydrogen) atoms. The number of rotatable bonds is 9. The second-order valence-electron chi connectivity index (χ2n) is 8.17. The maximum Gasteiger partial charge on any atom is 0.303 e. The third-order valence-electron chi connectivity index (χ3n) is 5.59. The molecule has 0 spiro atoms. The van der Waals surface area contributed by atoms with Crippen molar-refractivity contribution in [2.24, 2.45) is 0 Å². The van der Waals surface area contributed by atoms with Gasteiger partial charge >= 0.3 is 5.97 Å². The van der Waals surface area contributed by atoms with Crippen LogP contribution >= 0.6 is 23.4 Å². The lowest BCUT2D eigenvalue weighted by Gasteiger charge is -2.45. The average Bonchev–Trinajstić information content (AvgIpc) is 2.87. The quantitative estimate of drug-likeness (QED) is 0.383. The number of carbonyl (C=O) groups is 1. The molecule has 3 aromatic rings. The van der Waals surface area contributed by atoms with Crippen LogP contribution < -0.4 is 5.32 Å². The van der Waals surface area contributed by atoms with E-state index in [4.69, 9.17) is 25.8 Å². The Hall–Kier alpha value is -2.55. The van der Waals surface area contributed by atoms with Crippen molar-refractivity contribution in [3.63, 3.8) is 0 Å². The van der Waals surface area contributed by atoms with Gasteiger partial charge in [0, 0.05) is 22.5 Å². The van der Waals surface area contributed by atoms with E-state index >= 15 is 0 Å². The number of para-hydroxylation sites is 1. The maximum absolute atomic E-state index is 12.2. The number of benzene rings is 3. The minimum absolute atomic E-state index is 0.285. The van der Waals surface area contributed by atoms with Crippen molar-refractivity contribution >= 4 is 35.0 Å². The largest absolute Gasteiger partial charge is 0.457 e. The third-order valence-corrected chi connectivity index (χ3v) is 7.02. The molecular weight excluding hydrogens is 486 g/mol. The number of ether oxygens (including phenoxy) is 3. The number of esters is 1. The van der Waals surface area contributed by atoms with Gasteiger partial charge in [0.15, 0.2) is 6.10 Å². The van der Waals surface area contributed by atoms with Gasteiger partial charge in [0.05, 0.1) is 13.2 Å². The van der Waals surface area contributed by atoms with Gasteiger partial charge in [0.2, 0.25) is 0 Å². The highest BCUT2D eigenvalue weighted by atomic mass is 35.5. The van der Waals surface area contributed by atoms with Crippen molar-refractivity contribution in [2.75, 3.05) is 11.9 Å². The van der Waals surface area contributed by atoms with Gasteiger partial charge in [-0.15, -0.1) is 0 Å². The van der Waals surface area contributed by atoms with Gasteiger partial charge in [-0.25, -0.2) is 0 Å². The molecule has 5 atom stereocenters. The molecule has 0 aliphatic carbocycles. The zero-order valence-electron chi connectivity index (χ0n) is 19.3. The number of halogens is 1. The highest BCUT2D eigenvalue weighted by Gasteiger charge is 2.49. The predicted octanol–water partition coefficient (Wildman–Crippen LogP) is 5.15. The van der Waals surface area contributed by atoms with Gasteiger partial charge in [-0.3, -0.25) is 4.79 Å². The summed E-state index contributed by atoms with van der Waals surface area (Å²) in [5.74, 6) is -0.433. The molecule has 6 nitrogen and oxygen atoms in total. The number of aliphatic hydroxyl groups excluding tert-OH is 1. The van der Waals surface area contributed by atoms with Crippen molar-refractivity contribution in [3.05, 3.63) is 95.5 Å². The molecule has 1 heterocycles. The van der Waals surface area contributed by atoms with E-state index in [1.54, 1.807) is 0 Å². The van der Waals surface area contributed by atoms with Gasteiger partial charge in [0.1, 0.15) is 23.7 Å². The number of hydrogen-bond donors (Lipinski definition) is 2. The molecule has 0 saturated carbocycles. The van der Waals surface area contributed by atoms with Crippen molar-refractivity contribution in [1.29, 1.82) is 0 Å². The van der Waals surface area contributed by atoms with Crippen LogP contribution in [0.2, 0.25) is 5.02 Å². The predicted molar refractivity (Wildman–Crippen MR) is 137 cm³/mol. The SMILES string of the molecule is CC(=O)OC1C(Nc2ccccc2)C(Sc2ccc(Cl)cc2)OC(CO)C1OCc1ccccc1. The van der Waals surface area contributed by atoms with Crippen LogP contribution in [0.1, 0.15) is 12.5 Å². The smallest absolute Gasteiger partial charge is 0.303 e.